The van der Waals surface area contributed by atoms with Gasteiger partial charge in [-0.25, -0.2) is 9.69 Å². The fourth-order valence-electron chi connectivity index (χ4n) is 3.18. The van der Waals surface area contributed by atoms with E-state index in [1.807, 2.05) is 38.1 Å². The summed E-state index contributed by atoms with van der Waals surface area (Å²) in [7, 11) is 1.59. The second-order valence-corrected chi connectivity index (χ2v) is 7.58. The average Bonchev–Trinajstić information content (AvgIpc) is 3.49. The summed E-state index contributed by atoms with van der Waals surface area (Å²) in [6, 6.07) is 6.78. The lowest BCUT2D eigenvalue weighted by Crippen LogP contribution is -2.44. The van der Waals surface area contributed by atoms with Gasteiger partial charge in [0.15, 0.2) is 0 Å². The average molecular weight is 387 g/mol. The van der Waals surface area contributed by atoms with Crippen LogP contribution in [0.5, 0.6) is 5.75 Å². The first-order valence-electron chi connectivity index (χ1n) is 9.41. The van der Waals surface area contributed by atoms with E-state index in [4.69, 9.17) is 4.74 Å². The Bertz CT molecular complexity index is 786. The van der Waals surface area contributed by atoms with Crippen LogP contribution in [0.4, 0.5) is 4.79 Å². The first kappa shape index (κ1) is 19.9. The number of hydrogen-bond donors (Lipinski definition) is 0. The van der Waals surface area contributed by atoms with Crippen LogP contribution in [0, 0.1) is 5.92 Å². The summed E-state index contributed by atoms with van der Waals surface area (Å²) in [5.41, 5.74) is 0.928. The molecule has 2 aliphatic rings. The van der Waals surface area contributed by atoms with Crippen LogP contribution in [0.25, 0.3) is 0 Å². The van der Waals surface area contributed by atoms with Crippen molar-refractivity contribution in [1.29, 1.82) is 0 Å². The number of amides is 5. The predicted molar refractivity (Wildman–Crippen MR) is 100 cm³/mol. The van der Waals surface area contributed by atoms with Crippen LogP contribution >= 0.6 is 0 Å². The zero-order valence-corrected chi connectivity index (χ0v) is 16.4. The van der Waals surface area contributed by atoms with Crippen LogP contribution < -0.4 is 4.74 Å². The van der Waals surface area contributed by atoms with Gasteiger partial charge < -0.3 is 9.64 Å². The molecule has 8 nitrogen and oxygen atoms in total. The van der Waals surface area contributed by atoms with Crippen molar-refractivity contribution in [1.82, 2.24) is 14.7 Å². The maximum absolute atomic E-state index is 12.9. The van der Waals surface area contributed by atoms with Gasteiger partial charge >= 0.3 is 17.8 Å². The standard InChI is InChI=1S/C20H25N3O5/c1-13(2)10-22-18(25)19(26)23(20(22)27)12-17(24)21(15-6-7-15)11-14-4-8-16(28-3)9-5-14/h4-5,8-9,13,15H,6-7,10-12H2,1-3H3. The third-order valence-corrected chi connectivity index (χ3v) is 4.80. The number of hydrogen-bond acceptors (Lipinski definition) is 5. The van der Waals surface area contributed by atoms with Crippen molar-refractivity contribution < 1.29 is 23.9 Å². The van der Waals surface area contributed by atoms with Gasteiger partial charge in [-0.1, -0.05) is 26.0 Å². The molecule has 0 N–H and O–H groups in total. The molecule has 0 radical (unpaired) electrons. The van der Waals surface area contributed by atoms with Crippen molar-refractivity contribution in [3.63, 3.8) is 0 Å². The van der Waals surface area contributed by atoms with E-state index in [1.54, 1.807) is 12.0 Å². The van der Waals surface area contributed by atoms with Crippen molar-refractivity contribution in [3.05, 3.63) is 29.8 Å². The molecule has 0 bridgehead atoms. The third kappa shape index (κ3) is 4.16. The largest absolute Gasteiger partial charge is 0.497 e. The van der Waals surface area contributed by atoms with Crippen LogP contribution in [0.15, 0.2) is 24.3 Å². The Morgan fingerprint density at radius 2 is 1.71 bits per heavy atom. The molecule has 3 rings (SSSR count). The van der Waals surface area contributed by atoms with E-state index >= 15 is 0 Å². The van der Waals surface area contributed by atoms with Crippen molar-refractivity contribution in [3.8, 4) is 5.75 Å². The SMILES string of the molecule is COc1ccc(CN(C(=O)CN2C(=O)C(=O)N(CC(C)C)C2=O)C2CC2)cc1. The number of carbonyl (C=O) groups excluding carboxylic acids is 4. The summed E-state index contributed by atoms with van der Waals surface area (Å²) in [5.74, 6) is -1.36. The number of ether oxygens (including phenoxy) is 1. The quantitative estimate of drug-likeness (QED) is 0.500. The highest BCUT2D eigenvalue weighted by Gasteiger charge is 2.46. The molecule has 5 amide bonds. The topological polar surface area (TPSA) is 87.2 Å². The van der Waals surface area contributed by atoms with Crippen molar-refractivity contribution in [2.75, 3.05) is 20.2 Å². The normalized spacial score (nSPS) is 16.9. The number of benzene rings is 1. The van der Waals surface area contributed by atoms with Gasteiger partial charge in [0.1, 0.15) is 12.3 Å². The van der Waals surface area contributed by atoms with E-state index in [9.17, 15) is 19.2 Å². The van der Waals surface area contributed by atoms with E-state index in [1.165, 1.54) is 0 Å². The lowest BCUT2D eigenvalue weighted by molar-refractivity contribution is -0.145. The predicted octanol–water partition coefficient (Wildman–Crippen LogP) is 1.63. The van der Waals surface area contributed by atoms with Crippen molar-refractivity contribution >= 4 is 23.8 Å². The first-order valence-corrected chi connectivity index (χ1v) is 9.41. The van der Waals surface area contributed by atoms with Gasteiger partial charge in [-0.15, -0.1) is 0 Å². The van der Waals surface area contributed by atoms with Crippen LogP contribution in [0.1, 0.15) is 32.3 Å². The van der Waals surface area contributed by atoms with E-state index in [-0.39, 0.29) is 24.4 Å². The second kappa shape index (κ2) is 8.00. The van der Waals surface area contributed by atoms with Crippen LogP contribution in [0.2, 0.25) is 0 Å². The molecule has 28 heavy (non-hydrogen) atoms. The van der Waals surface area contributed by atoms with Crippen molar-refractivity contribution in [2.45, 2.75) is 39.3 Å². The van der Waals surface area contributed by atoms with Crippen molar-refractivity contribution in [2.24, 2.45) is 5.92 Å². The van der Waals surface area contributed by atoms with Gasteiger partial charge in [-0.05, 0) is 36.5 Å². The highest BCUT2D eigenvalue weighted by Crippen LogP contribution is 2.29. The lowest BCUT2D eigenvalue weighted by Gasteiger charge is -2.25. The molecule has 1 aromatic rings. The summed E-state index contributed by atoms with van der Waals surface area (Å²) in [6.45, 7) is 3.83. The lowest BCUT2D eigenvalue weighted by atomic mass is 10.2. The van der Waals surface area contributed by atoms with Crippen LogP contribution in [-0.2, 0) is 20.9 Å². The molecule has 1 aromatic carbocycles. The molecule has 1 saturated carbocycles. The van der Waals surface area contributed by atoms with E-state index < -0.39 is 24.4 Å². The molecule has 8 heteroatoms. The smallest absolute Gasteiger partial charge is 0.334 e. The van der Waals surface area contributed by atoms with Gasteiger partial charge in [0.2, 0.25) is 5.91 Å². The number of methoxy groups -OCH3 is 1. The summed E-state index contributed by atoms with van der Waals surface area (Å²) in [4.78, 5) is 53.0. The maximum Gasteiger partial charge on any atom is 0.334 e. The fraction of sp³-hybridized carbons (Fsp3) is 0.500. The number of urea groups is 1. The molecular formula is C20H25N3O5. The molecule has 0 aromatic heterocycles. The Morgan fingerprint density at radius 3 is 2.25 bits per heavy atom. The van der Waals surface area contributed by atoms with E-state index in [0.717, 1.165) is 34.0 Å². The second-order valence-electron chi connectivity index (χ2n) is 7.58. The van der Waals surface area contributed by atoms with Crippen LogP contribution in [0.3, 0.4) is 0 Å². The molecule has 0 spiro atoms. The Kier molecular flexibility index (Phi) is 5.67. The van der Waals surface area contributed by atoms with Crippen LogP contribution in [-0.4, -0.2) is 64.7 Å². The van der Waals surface area contributed by atoms with Gasteiger partial charge in [-0.3, -0.25) is 19.3 Å². The fourth-order valence-corrected chi connectivity index (χ4v) is 3.18. The highest BCUT2D eigenvalue weighted by atomic mass is 16.5. The zero-order chi connectivity index (χ0) is 20.4. The summed E-state index contributed by atoms with van der Waals surface area (Å²) < 4.78 is 5.14. The number of rotatable bonds is 8. The molecular weight excluding hydrogens is 362 g/mol. The Morgan fingerprint density at radius 1 is 1.11 bits per heavy atom. The molecule has 0 unspecified atom stereocenters. The molecule has 1 aliphatic heterocycles. The Labute approximate surface area is 164 Å². The molecule has 150 valence electrons. The Balaban J connectivity index is 1.69. The number of carbonyl (C=O) groups is 4. The molecule has 1 saturated heterocycles. The minimum atomic E-state index is -0.931. The summed E-state index contributed by atoms with van der Waals surface area (Å²) >= 11 is 0. The minimum absolute atomic E-state index is 0.0365. The highest BCUT2D eigenvalue weighted by molar-refractivity contribution is 6.45. The molecule has 1 aliphatic carbocycles. The summed E-state index contributed by atoms with van der Waals surface area (Å²) in [6.07, 6.45) is 1.78. The van der Waals surface area contributed by atoms with E-state index in [2.05, 4.69) is 0 Å². The molecule has 0 atom stereocenters. The number of nitrogens with zero attached hydrogens (tertiary/aromatic N) is 3. The molecule has 2 fully saturated rings. The first-order chi connectivity index (χ1) is 13.3. The molecule has 1 heterocycles. The van der Waals surface area contributed by atoms with Gasteiger partial charge in [0.05, 0.1) is 7.11 Å². The number of imide groups is 2. The van der Waals surface area contributed by atoms with Gasteiger partial charge in [0, 0.05) is 19.1 Å². The zero-order valence-electron chi connectivity index (χ0n) is 16.4. The maximum atomic E-state index is 12.9. The minimum Gasteiger partial charge on any atom is -0.497 e. The monoisotopic (exact) mass is 387 g/mol. The van der Waals surface area contributed by atoms with Gasteiger partial charge in [0.25, 0.3) is 0 Å². The van der Waals surface area contributed by atoms with Gasteiger partial charge in [-0.2, -0.15) is 0 Å². The summed E-state index contributed by atoms with van der Waals surface area (Å²) in [5, 5.41) is 0. The Hall–Kier alpha value is -2.90. The third-order valence-electron chi connectivity index (χ3n) is 4.80. The van der Waals surface area contributed by atoms with E-state index in [0.29, 0.717) is 6.54 Å².